The first-order chi connectivity index (χ1) is 8.69. The van der Waals surface area contributed by atoms with Gasteiger partial charge in [0.25, 0.3) is 0 Å². The van der Waals surface area contributed by atoms with Crippen LogP contribution in [0.15, 0.2) is 42.5 Å². The number of ether oxygens (including phenoxy) is 1. The number of hydrogen-bond acceptors (Lipinski definition) is 3. The van der Waals surface area contributed by atoms with E-state index >= 15 is 0 Å². The van der Waals surface area contributed by atoms with Crippen LogP contribution in [0.3, 0.4) is 0 Å². The largest absolute Gasteiger partial charge is 0.508 e. The molecule has 94 valence electrons. The first kappa shape index (κ1) is 12.6. The minimum atomic E-state index is 0.257. The lowest BCUT2D eigenvalue weighted by molar-refractivity contribution is 0.416. The number of phenolic OH excluding ortho intramolecular Hbond substituents is 1. The summed E-state index contributed by atoms with van der Waals surface area (Å²) in [6.07, 6.45) is 0. The molecule has 0 unspecified atom stereocenters. The van der Waals surface area contributed by atoms with Gasteiger partial charge >= 0.3 is 0 Å². The molecule has 0 spiro atoms. The van der Waals surface area contributed by atoms with Crippen LogP contribution in [-0.2, 0) is 6.54 Å². The van der Waals surface area contributed by atoms with E-state index in [9.17, 15) is 5.11 Å². The second-order valence-corrected chi connectivity index (χ2v) is 4.30. The van der Waals surface area contributed by atoms with Gasteiger partial charge in [-0.1, -0.05) is 23.7 Å². The van der Waals surface area contributed by atoms with Gasteiger partial charge in [-0.3, -0.25) is 0 Å². The van der Waals surface area contributed by atoms with Crippen LogP contribution in [-0.4, -0.2) is 12.2 Å². The summed E-state index contributed by atoms with van der Waals surface area (Å²) in [5.41, 5.74) is 1.81. The second-order valence-electron chi connectivity index (χ2n) is 3.87. The number of anilines is 1. The molecule has 0 saturated carbocycles. The average Bonchev–Trinajstić information content (AvgIpc) is 2.37. The quantitative estimate of drug-likeness (QED) is 0.884. The maximum Gasteiger partial charge on any atom is 0.142 e. The van der Waals surface area contributed by atoms with Gasteiger partial charge in [0.2, 0.25) is 0 Å². The molecule has 2 N–H and O–H groups in total. The van der Waals surface area contributed by atoms with E-state index in [-0.39, 0.29) is 5.75 Å². The molecule has 3 nitrogen and oxygen atoms in total. The topological polar surface area (TPSA) is 41.5 Å². The van der Waals surface area contributed by atoms with Gasteiger partial charge < -0.3 is 15.2 Å². The van der Waals surface area contributed by atoms with Crippen molar-refractivity contribution >= 4 is 17.3 Å². The summed E-state index contributed by atoms with van der Waals surface area (Å²) < 4.78 is 5.24. The van der Waals surface area contributed by atoms with Gasteiger partial charge in [-0.25, -0.2) is 0 Å². The maximum atomic E-state index is 9.38. The Kier molecular flexibility index (Phi) is 3.95. The third kappa shape index (κ3) is 3.08. The molecule has 4 heteroatoms. The molecule has 0 heterocycles. The number of methoxy groups -OCH3 is 1. The molecular weight excluding hydrogens is 250 g/mol. The SMILES string of the molecule is COc1ccc(Cl)cc1NCc1cccc(O)c1. The Bertz CT molecular complexity index is 543. The Labute approximate surface area is 111 Å². The van der Waals surface area contributed by atoms with E-state index in [0.29, 0.717) is 11.6 Å². The van der Waals surface area contributed by atoms with Crippen molar-refractivity contribution < 1.29 is 9.84 Å². The van der Waals surface area contributed by atoms with E-state index in [4.69, 9.17) is 16.3 Å². The van der Waals surface area contributed by atoms with Crippen LogP contribution in [0.4, 0.5) is 5.69 Å². The average molecular weight is 264 g/mol. The molecule has 2 aromatic carbocycles. The van der Waals surface area contributed by atoms with E-state index in [1.165, 1.54) is 0 Å². The van der Waals surface area contributed by atoms with Crippen LogP contribution < -0.4 is 10.1 Å². The Morgan fingerprint density at radius 1 is 1.22 bits per heavy atom. The number of rotatable bonds is 4. The van der Waals surface area contributed by atoms with E-state index in [1.807, 2.05) is 24.3 Å². The van der Waals surface area contributed by atoms with Crippen LogP contribution in [0, 0.1) is 0 Å². The second kappa shape index (κ2) is 5.65. The number of hydrogen-bond donors (Lipinski definition) is 2. The fourth-order valence-corrected chi connectivity index (χ4v) is 1.85. The van der Waals surface area contributed by atoms with Crippen LogP contribution in [0.2, 0.25) is 5.02 Å². The monoisotopic (exact) mass is 263 g/mol. The van der Waals surface area contributed by atoms with Crippen LogP contribution in [0.1, 0.15) is 5.56 Å². The summed E-state index contributed by atoms with van der Waals surface area (Å²) >= 11 is 5.95. The van der Waals surface area contributed by atoms with Crippen LogP contribution in [0.25, 0.3) is 0 Å². The molecule has 2 rings (SSSR count). The zero-order valence-electron chi connectivity index (χ0n) is 9.98. The zero-order valence-corrected chi connectivity index (χ0v) is 10.7. The van der Waals surface area contributed by atoms with Gasteiger partial charge in [0.15, 0.2) is 0 Å². The number of aromatic hydroxyl groups is 1. The lowest BCUT2D eigenvalue weighted by Crippen LogP contribution is -2.01. The molecule has 0 aromatic heterocycles. The van der Waals surface area contributed by atoms with Crippen molar-refractivity contribution in [1.29, 1.82) is 0 Å². The predicted octanol–water partition coefficient (Wildman–Crippen LogP) is 3.67. The first-order valence-corrected chi connectivity index (χ1v) is 5.92. The van der Waals surface area contributed by atoms with E-state index in [0.717, 1.165) is 17.0 Å². The molecule has 0 aliphatic carbocycles. The lowest BCUT2D eigenvalue weighted by atomic mass is 10.2. The van der Waals surface area contributed by atoms with Gasteiger partial charge in [0.05, 0.1) is 12.8 Å². The molecule has 0 saturated heterocycles. The molecule has 0 aliphatic heterocycles. The summed E-state index contributed by atoms with van der Waals surface area (Å²) in [5, 5.41) is 13.3. The lowest BCUT2D eigenvalue weighted by Gasteiger charge is -2.11. The highest BCUT2D eigenvalue weighted by atomic mass is 35.5. The molecule has 0 bridgehead atoms. The Morgan fingerprint density at radius 2 is 2.06 bits per heavy atom. The molecule has 0 fully saturated rings. The van der Waals surface area contributed by atoms with Crippen molar-refractivity contribution in [1.82, 2.24) is 0 Å². The molecule has 0 radical (unpaired) electrons. The summed E-state index contributed by atoms with van der Waals surface area (Å²) in [7, 11) is 1.61. The van der Waals surface area contributed by atoms with E-state index < -0.39 is 0 Å². The summed E-state index contributed by atoms with van der Waals surface area (Å²) in [4.78, 5) is 0. The van der Waals surface area contributed by atoms with Crippen LogP contribution >= 0.6 is 11.6 Å². The molecule has 0 atom stereocenters. The van der Waals surface area contributed by atoms with Crippen molar-refractivity contribution in [3.8, 4) is 11.5 Å². The number of nitrogens with one attached hydrogen (secondary N) is 1. The van der Waals surface area contributed by atoms with Gasteiger partial charge in [-0.15, -0.1) is 0 Å². The molecule has 18 heavy (non-hydrogen) atoms. The van der Waals surface area contributed by atoms with Gasteiger partial charge in [-0.05, 0) is 35.9 Å². The number of halogens is 1. The van der Waals surface area contributed by atoms with Crippen molar-refractivity contribution in [2.24, 2.45) is 0 Å². The van der Waals surface area contributed by atoms with E-state index in [1.54, 1.807) is 25.3 Å². The Hall–Kier alpha value is -1.87. The first-order valence-electron chi connectivity index (χ1n) is 5.54. The summed E-state index contributed by atoms with van der Waals surface area (Å²) in [5.74, 6) is 0.993. The number of phenols is 1. The zero-order chi connectivity index (χ0) is 13.0. The minimum absolute atomic E-state index is 0.257. The smallest absolute Gasteiger partial charge is 0.142 e. The van der Waals surface area contributed by atoms with Crippen molar-refractivity contribution in [2.45, 2.75) is 6.54 Å². The highest BCUT2D eigenvalue weighted by molar-refractivity contribution is 6.30. The highest BCUT2D eigenvalue weighted by Gasteiger charge is 2.03. The minimum Gasteiger partial charge on any atom is -0.508 e. The molecule has 0 amide bonds. The normalized spacial score (nSPS) is 10.1. The number of benzene rings is 2. The summed E-state index contributed by atoms with van der Waals surface area (Å²) in [6, 6.07) is 12.5. The third-order valence-corrected chi connectivity index (χ3v) is 2.79. The van der Waals surface area contributed by atoms with Crippen molar-refractivity contribution in [3.63, 3.8) is 0 Å². The van der Waals surface area contributed by atoms with Gasteiger partial charge in [-0.2, -0.15) is 0 Å². The van der Waals surface area contributed by atoms with E-state index in [2.05, 4.69) is 5.32 Å². The van der Waals surface area contributed by atoms with Gasteiger partial charge in [0, 0.05) is 11.6 Å². The third-order valence-electron chi connectivity index (χ3n) is 2.56. The maximum absolute atomic E-state index is 9.38. The van der Waals surface area contributed by atoms with Crippen LogP contribution in [0.5, 0.6) is 11.5 Å². The predicted molar refractivity (Wildman–Crippen MR) is 73.4 cm³/mol. The Morgan fingerprint density at radius 3 is 2.78 bits per heavy atom. The molecule has 2 aromatic rings. The Balaban J connectivity index is 2.12. The standard InChI is InChI=1S/C14H14ClNO2/c1-18-14-6-5-11(15)8-13(14)16-9-10-3-2-4-12(17)7-10/h2-8,16-17H,9H2,1H3. The van der Waals surface area contributed by atoms with Gasteiger partial charge in [0.1, 0.15) is 11.5 Å². The highest BCUT2D eigenvalue weighted by Crippen LogP contribution is 2.28. The van der Waals surface area contributed by atoms with Crippen molar-refractivity contribution in [3.05, 3.63) is 53.1 Å². The van der Waals surface area contributed by atoms with Crippen molar-refractivity contribution in [2.75, 3.05) is 12.4 Å². The fraction of sp³-hybridized carbons (Fsp3) is 0.143. The summed E-state index contributed by atoms with van der Waals surface area (Å²) in [6.45, 7) is 0.588. The molecule has 0 aliphatic rings. The molecular formula is C14H14ClNO2. The fourth-order valence-electron chi connectivity index (χ4n) is 1.68.